The Morgan fingerprint density at radius 2 is 2.04 bits per heavy atom. The molecule has 1 heterocycles. The highest BCUT2D eigenvalue weighted by atomic mass is 35.5. The highest BCUT2D eigenvalue weighted by Crippen LogP contribution is 2.35. The number of rotatable bonds is 6. The summed E-state index contributed by atoms with van der Waals surface area (Å²) in [5.74, 6) is -0.770. The van der Waals surface area contributed by atoms with Crippen molar-refractivity contribution in [3.05, 3.63) is 57.8 Å². The van der Waals surface area contributed by atoms with Crippen LogP contribution >= 0.6 is 23.2 Å². The van der Waals surface area contributed by atoms with Crippen LogP contribution in [0.2, 0.25) is 10.0 Å². The molecule has 1 fully saturated rings. The lowest BCUT2D eigenvalue weighted by Crippen LogP contribution is -2.61. The van der Waals surface area contributed by atoms with E-state index < -0.39 is 28.5 Å². The van der Waals surface area contributed by atoms with E-state index in [-0.39, 0.29) is 40.3 Å². The van der Waals surface area contributed by atoms with Crippen molar-refractivity contribution in [2.45, 2.75) is 10.9 Å². The van der Waals surface area contributed by atoms with Crippen LogP contribution in [0.25, 0.3) is 0 Å². The third-order valence-electron chi connectivity index (χ3n) is 4.52. The predicted octanol–water partition coefficient (Wildman–Crippen LogP) is 3.06. The van der Waals surface area contributed by atoms with E-state index in [9.17, 15) is 17.9 Å². The molecular formula is C18H15Cl2FN2O4S. The molecule has 10 heteroatoms. The van der Waals surface area contributed by atoms with Gasteiger partial charge in [-0.05, 0) is 30.3 Å². The van der Waals surface area contributed by atoms with Gasteiger partial charge in [0.2, 0.25) is 10.0 Å². The van der Waals surface area contributed by atoms with Gasteiger partial charge in [0.15, 0.2) is 0 Å². The van der Waals surface area contributed by atoms with Crippen molar-refractivity contribution >= 4 is 33.2 Å². The molecule has 2 atom stereocenters. The zero-order chi connectivity index (χ0) is 20.5. The summed E-state index contributed by atoms with van der Waals surface area (Å²) >= 11 is 11.8. The minimum absolute atomic E-state index is 0.00283. The minimum Gasteiger partial charge on any atom is -0.493 e. The van der Waals surface area contributed by atoms with Crippen LogP contribution in [0.1, 0.15) is 5.56 Å². The maximum absolute atomic E-state index is 13.6. The van der Waals surface area contributed by atoms with Crippen molar-refractivity contribution in [3.8, 4) is 11.8 Å². The number of aliphatic hydroxyl groups is 1. The molecule has 0 saturated carbocycles. The van der Waals surface area contributed by atoms with Gasteiger partial charge >= 0.3 is 0 Å². The Kier molecular flexibility index (Phi) is 6.12. The van der Waals surface area contributed by atoms with E-state index in [1.54, 1.807) is 6.07 Å². The van der Waals surface area contributed by atoms with Crippen LogP contribution in [0.3, 0.4) is 0 Å². The van der Waals surface area contributed by atoms with E-state index in [1.807, 2.05) is 0 Å². The van der Waals surface area contributed by atoms with Gasteiger partial charge in [-0.3, -0.25) is 0 Å². The number of aliphatic hydroxyl groups excluding tert-OH is 1. The lowest BCUT2D eigenvalue weighted by molar-refractivity contribution is 0.0192. The topological polar surface area (TPSA) is 90.6 Å². The number of sulfonamides is 1. The Bertz CT molecular complexity index is 1040. The minimum atomic E-state index is -3.91. The van der Waals surface area contributed by atoms with Crippen LogP contribution in [0.5, 0.6) is 5.75 Å². The molecule has 2 aromatic rings. The van der Waals surface area contributed by atoms with Crippen molar-refractivity contribution in [3.63, 3.8) is 0 Å². The lowest BCUT2D eigenvalue weighted by atomic mass is 9.93. The van der Waals surface area contributed by atoms with Gasteiger partial charge in [-0.15, -0.1) is 0 Å². The van der Waals surface area contributed by atoms with Gasteiger partial charge in [-0.25, -0.2) is 12.8 Å². The predicted molar refractivity (Wildman–Crippen MR) is 101 cm³/mol. The maximum Gasteiger partial charge on any atom is 0.244 e. The molecule has 0 aliphatic carbocycles. The van der Waals surface area contributed by atoms with Gasteiger partial charge < -0.3 is 9.84 Å². The number of halogens is 3. The van der Waals surface area contributed by atoms with E-state index in [0.29, 0.717) is 5.02 Å². The van der Waals surface area contributed by atoms with Crippen molar-refractivity contribution in [2.24, 2.45) is 5.92 Å². The molecule has 0 spiro atoms. The Hall–Kier alpha value is -1.89. The zero-order valence-electron chi connectivity index (χ0n) is 14.3. The fourth-order valence-corrected chi connectivity index (χ4v) is 5.44. The highest BCUT2D eigenvalue weighted by molar-refractivity contribution is 7.89. The average molecular weight is 445 g/mol. The second-order valence-corrected chi connectivity index (χ2v) is 8.93. The second-order valence-electron chi connectivity index (χ2n) is 6.22. The number of hydrogen-bond acceptors (Lipinski definition) is 5. The molecule has 1 aliphatic heterocycles. The summed E-state index contributed by atoms with van der Waals surface area (Å²) in [6.07, 6.45) is 0. The summed E-state index contributed by atoms with van der Waals surface area (Å²) in [6.45, 7) is -0.206. The van der Waals surface area contributed by atoms with Gasteiger partial charge in [0.05, 0.1) is 29.8 Å². The third-order valence-corrected chi connectivity index (χ3v) is 7.13. The van der Waals surface area contributed by atoms with Crippen LogP contribution in [0.15, 0.2) is 41.3 Å². The SMILES string of the molecule is N#Cc1ccc(OCC2CN(S(=O)(=O)c3ccc(Cl)cc3Cl)C2CO)cc1F. The molecule has 6 nitrogen and oxygen atoms in total. The van der Waals surface area contributed by atoms with Crippen molar-refractivity contribution in [2.75, 3.05) is 19.8 Å². The molecule has 0 bridgehead atoms. The average Bonchev–Trinajstić information content (AvgIpc) is 2.60. The Morgan fingerprint density at radius 3 is 2.64 bits per heavy atom. The largest absolute Gasteiger partial charge is 0.493 e. The molecule has 1 aliphatic rings. The summed E-state index contributed by atoms with van der Waals surface area (Å²) < 4.78 is 45.9. The Balaban J connectivity index is 1.70. The number of hydrogen-bond donors (Lipinski definition) is 1. The number of nitrogens with zero attached hydrogens (tertiary/aromatic N) is 2. The Morgan fingerprint density at radius 1 is 1.29 bits per heavy atom. The lowest BCUT2D eigenvalue weighted by Gasteiger charge is -2.45. The molecule has 0 radical (unpaired) electrons. The molecule has 0 aromatic heterocycles. The highest BCUT2D eigenvalue weighted by Gasteiger charge is 2.46. The first-order valence-electron chi connectivity index (χ1n) is 8.18. The first-order valence-corrected chi connectivity index (χ1v) is 10.4. The van der Waals surface area contributed by atoms with Crippen molar-refractivity contribution < 1.29 is 22.7 Å². The number of ether oxygens (including phenoxy) is 1. The fourth-order valence-electron chi connectivity index (χ4n) is 2.96. The van der Waals surface area contributed by atoms with Crippen LogP contribution < -0.4 is 4.74 Å². The third kappa shape index (κ3) is 3.95. The monoisotopic (exact) mass is 444 g/mol. The van der Waals surface area contributed by atoms with E-state index in [1.165, 1.54) is 30.3 Å². The quantitative estimate of drug-likeness (QED) is 0.738. The first-order chi connectivity index (χ1) is 13.3. The van der Waals surface area contributed by atoms with E-state index in [4.69, 9.17) is 33.2 Å². The number of benzene rings is 2. The molecule has 1 N–H and O–H groups in total. The summed E-state index contributed by atoms with van der Waals surface area (Å²) in [4.78, 5) is -0.0921. The van der Waals surface area contributed by atoms with E-state index in [2.05, 4.69) is 0 Å². The molecule has 3 rings (SSSR count). The first kappa shape index (κ1) is 20.8. The number of nitriles is 1. The normalized spacial score (nSPS) is 19.7. The summed E-state index contributed by atoms with van der Waals surface area (Å²) in [5.41, 5.74) is -0.0960. The standard InChI is InChI=1S/C18H15Cl2FN2O4S/c19-13-2-4-18(15(20)5-13)28(25,26)23-8-12(17(23)9-24)10-27-14-3-1-11(7-22)16(21)6-14/h1-6,12,17,24H,8-10H2. The van der Waals surface area contributed by atoms with Gasteiger partial charge in [0.25, 0.3) is 0 Å². The zero-order valence-corrected chi connectivity index (χ0v) is 16.7. The smallest absolute Gasteiger partial charge is 0.244 e. The molecule has 1 saturated heterocycles. The summed E-state index contributed by atoms with van der Waals surface area (Å²) in [5, 5.41) is 18.7. The Labute approximate surface area is 171 Å². The molecule has 28 heavy (non-hydrogen) atoms. The van der Waals surface area contributed by atoms with Crippen molar-refractivity contribution in [1.82, 2.24) is 4.31 Å². The molecule has 148 valence electrons. The van der Waals surface area contributed by atoms with Gasteiger partial charge in [0, 0.05) is 23.6 Å². The molecule has 2 aromatic carbocycles. The fraction of sp³-hybridized carbons (Fsp3) is 0.278. The van der Waals surface area contributed by atoms with Crippen LogP contribution in [-0.4, -0.2) is 43.6 Å². The van der Waals surface area contributed by atoms with Gasteiger partial charge in [-0.1, -0.05) is 23.2 Å². The van der Waals surface area contributed by atoms with Crippen LogP contribution in [0, 0.1) is 23.1 Å². The molecular weight excluding hydrogens is 430 g/mol. The molecule has 0 amide bonds. The summed E-state index contributed by atoms with van der Waals surface area (Å²) in [6, 6.07) is 8.95. The van der Waals surface area contributed by atoms with E-state index >= 15 is 0 Å². The van der Waals surface area contributed by atoms with Crippen molar-refractivity contribution in [1.29, 1.82) is 5.26 Å². The molecule has 2 unspecified atom stereocenters. The maximum atomic E-state index is 13.6. The van der Waals surface area contributed by atoms with Crippen LogP contribution in [-0.2, 0) is 10.0 Å². The van der Waals surface area contributed by atoms with Gasteiger partial charge in [-0.2, -0.15) is 9.57 Å². The van der Waals surface area contributed by atoms with E-state index in [0.717, 1.165) is 10.4 Å². The second kappa shape index (κ2) is 8.23. The summed E-state index contributed by atoms with van der Waals surface area (Å²) in [7, 11) is -3.91. The van der Waals surface area contributed by atoms with Gasteiger partial charge in [0.1, 0.15) is 22.5 Å². The van der Waals surface area contributed by atoms with Crippen LogP contribution in [0.4, 0.5) is 4.39 Å².